The largest absolute Gasteiger partial charge is 0.487 e. The summed E-state index contributed by atoms with van der Waals surface area (Å²) in [6.45, 7) is -2.33. The van der Waals surface area contributed by atoms with Gasteiger partial charge in [0.1, 0.15) is 12.4 Å². The molecule has 0 heterocycles. The quantitative estimate of drug-likeness (QED) is 0.309. The van der Waals surface area contributed by atoms with Gasteiger partial charge in [-0.1, -0.05) is 13.3 Å². The Balaban J connectivity index is 2.74. The zero-order chi connectivity index (χ0) is 20.7. The molecule has 0 aliphatic heterocycles. The molecule has 1 aromatic carbocycles. The predicted molar refractivity (Wildman–Crippen MR) is 83.8 cm³/mol. The first-order chi connectivity index (χ1) is 12.5. The Morgan fingerprint density at radius 1 is 0.963 bits per heavy atom. The summed E-state index contributed by atoms with van der Waals surface area (Å²) in [5.74, 6) is -16.9. The number of ether oxygens (including phenoxy) is 3. The Hall–Kier alpha value is -1.97. The number of benzene rings is 1. The van der Waals surface area contributed by atoms with E-state index in [9.17, 15) is 31.1 Å². The summed E-state index contributed by atoms with van der Waals surface area (Å²) >= 11 is 0. The number of carbonyl (C=O) groups excluding carboxylic acids is 1. The zero-order valence-corrected chi connectivity index (χ0v) is 14.7. The van der Waals surface area contributed by atoms with E-state index in [0.29, 0.717) is 12.8 Å². The number of alkyl halides is 6. The molecule has 0 aliphatic carbocycles. The SMILES string of the molecule is CCCCOCC(F)(F)C(F)(F)C(F)(F)COc1ccc(C(=O)OC)cc1. The average Bonchev–Trinajstić information content (AvgIpc) is 2.63. The molecule has 0 bridgehead atoms. The van der Waals surface area contributed by atoms with Crippen molar-refractivity contribution in [3.63, 3.8) is 0 Å². The van der Waals surface area contributed by atoms with E-state index < -0.39 is 37.0 Å². The molecule has 10 heteroatoms. The third kappa shape index (κ3) is 5.75. The molecule has 1 aromatic rings. The Bertz CT molecular complexity index is 604. The molecule has 0 amide bonds. The van der Waals surface area contributed by atoms with Crippen molar-refractivity contribution in [1.82, 2.24) is 0 Å². The Morgan fingerprint density at radius 2 is 1.52 bits per heavy atom. The lowest BCUT2D eigenvalue weighted by atomic mass is 10.1. The summed E-state index contributed by atoms with van der Waals surface area (Å²) < 4.78 is 95.3. The maximum atomic E-state index is 13.7. The van der Waals surface area contributed by atoms with Crippen LogP contribution in [0.15, 0.2) is 24.3 Å². The van der Waals surface area contributed by atoms with Crippen LogP contribution in [0, 0.1) is 0 Å². The van der Waals surface area contributed by atoms with Crippen LogP contribution in [0.25, 0.3) is 0 Å². The van der Waals surface area contributed by atoms with Crippen molar-refractivity contribution in [1.29, 1.82) is 0 Å². The van der Waals surface area contributed by atoms with E-state index in [0.717, 1.165) is 31.4 Å². The molecular weight excluding hydrogens is 382 g/mol. The third-order valence-electron chi connectivity index (χ3n) is 3.54. The minimum atomic E-state index is -5.68. The number of unbranched alkanes of at least 4 members (excludes halogenated alkanes) is 1. The normalized spacial score (nSPS) is 12.7. The third-order valence-corrected chi connectivity index (χ3v) is 3.54. The molecule has 154 valence electrons. The first kappa shape index (κ1) is 23.1. The van der Waals surface area contributed by atoms with Crippen LogP contribution in [0.1, 0.15) is 30.1 Å². The van der Waals surface area contributed by atoms with Gasteiger partial charge < -0.3 is 14.2 Å². The van der Waals surface area contributed by atoms with Crippen molar-refractivity contribution in [2.45, 2.75) is 37.5 Å². The second-order valence-electron chi connectivity index (χ2n) is 5.69. The lowest BCUT2D eigenvalue weighted by Gasteiger charge is -2.32. The predicted octanol–water partition coefficient (Wildman–Crippen LogP) is 4.57. The number of hydrogen-bond acceptors (Lipinski definition) is 4. The minimum absolute atomic E-state index is 0.0673. The second-order valence-corrected chi connectivity index (χ2v) is 5.69. The Labute approximate surface area is 152 Å². The summed E-state index contributed by atoms with van der Waals surface area (Å²) in [4.78, 5) is 11.2. The number of carbonyl (C=O) groups is 1. The molecule has 0 fully saturated rings. The van der Waals surface area contributed by atoms with Crippen LogP contribution in [0.3, 0.4) is 0 Å². The Kier molecular flexibility index (Phi) is 7.94. The molecule has 0 saturated carbocycles. The number of rotatable bonds is 11. The smallest absolute Gasteiger partial charge is 0.377 e. The van der Waals surface area contributed by atoms with Gasteiger partial charge in [-0.3, -0.25) is 0 Å². The molecule has 0 saturated heterocycles. The van der Waals surface area contributed by atoms with Crippen molar-refractivity contribution < 1.29 is 45.3 Å². The topological polar surface area (TPSA) is 44.8 Å². The van der Waals surface area contributed by atoms with E-state index >= 15 is 0 Å². The van der Waals surface area contributed by atoms with Gasteiger partial charge in [-0.15, -0.1) is 0 Å². The second kappa shape index (κ2) is 9.29. The monoisotopic (exact) mass is 402 g/mol. The van der Waals surface area contributed by atoms with Crippen LogP contribution in [-0.2, 0) is 9.47 Å². The summed E-state index contributed by atoms with van der Waals surface area (Å²) in [5.41, 5.74) is 0.0673. The van der Waals surface area contributed by atoms with Crippen LogP contribution in [0.5, 0.6) is 5.75 Å². The van der Waals surface area contributed by atoms with Crippen LogP contribution >= 0.6 is 0 Å². The van der Waals surface area contributed by atoms with Gasteiger partial charge in [0.05, 0.1) is 12.7 Å². The molecule has 0 atom stereocenters. The van der Waals surface area contributed by atoms with E-state index in [1.54, 1.807) is 6.92 Å². The van der Waals surface area contributed by atoms with E-state index in [1.807, 2.05) is 0 Å². The molecule has 1 rings (SSSR count). The van der Waals surface area contributed by atoms with Crippen molar-refractivity contribution in [2.24, 2.45) is 0 Å². The van der Waals surface area contributed by atoms with Gasteiger partial charge in [0, 0.05) is 6.61 Å². The number of esters is 1. The van der Waals surface area contributed by atoms with Crippen molar-refractivity contribution in [2.75, 3.05) is 26.9 Å². The molecule has 0 radical (unpaired) electrons. The highest BCUT2D eigenvalue weighted by molar-refractivity contribution is 5.89. The van der Waals surface area contributed by atoms with Crippen LogP contribution in [-0.4, -0.2) is 50.7 Å². The summed E-state index contributed by atoms with van der Waals surface area (Å²) in [5, 5.41) is 0. The summed E-state index contributed by atoms with van der Waals surface area (Å²) in [6, 6.07) is 4.39. The van der Waals surface area contributed by atoms with Gasteiger partial charge in [-0.2, -0.15) is 26.3 Å². The molecular formula is C17H20F6O4. The summed E-state index contributed by atoms with van der Waals surface area (Å²) in [7, 11) is 1.13. The fourth-order valence-electron chi connectivity index (χ4n) is 1.87. The van der Waals surface area contributed by atoms with Gasteiger partial charge in [-0.25, -0.2) is 4.79 Å². The van der Waals surface area contributed by atoms with E-state index in [4.69, 9.17) is 0 Å². The van der Waals surface area contributed by atoms with Crippen LogP contribution < -0.4 is 4.74 Å². The van der Waals surface area contributed by atoms with Gasteiger partial charge >= 0.3 is 23.7 Å². The molecule has 0 aliphatic rings. The fraction of sp³-hybridized carbons (Fsp3) is 0.588. The highest BCUT2D eigenvalue weighted by atomic mass is 19.3. The Morgan fingerprint density at radius 3 is 2.04 bits per heavy atom. The molecule has 0 aromatic heterocycles. The molecule has 0 N–H and O–H groups in total. The van der Waals surface area contributed by atoms with E-state index in [-0.39, 0.29) is 17.9 Å². The van der Waals surface area contributed by atoms with E-state index in [2.05, 4.69) is 14.2 Å². The van der Waals surface area contributed by atoms with Gasteiger partial charge in [0.2, 0.25) is 0 Å². The maximum Gasteiger partial charge on any atom is 0.377 e. The highest BCUT2D eigenvalue weighted by Crippen LogP contribution is 2.46. The van der Waals surface area contributed by atoms with Gasteiger partial charge in [0.15, 0.2) is 6.61 Å². The van der Waals surface area contributed by atoms with Gasteiger partial charge in [-0.05, 0) is 30.7 Å². The molecule has 0 unspecified atom stereocenters. The fourth-order valence-corrected chi connectivity index (χ4v) is 1.87. The van der Waals surface area contributed by atoms with Crippen LogP contribution in [0.4, 0.5) is 26.3 Å². The number of methoxy groups -OCH3 is 1. The van der Waals surface area contributed by atoms with Gasteiger partial charge in [0.25, 0.3) is 0 Å². The van der Waals surface area contributed by atoms with Crippen LogP contribution in [0.2, 0.25) is 0 Å². The lowest BCUT2D eigenvalue weighted by Crippen LogP contribution is -2.58. The van der Waals surface area contributed by atoms with Crippen molar-refractivity contribution in [3.05, 3.63) is 29.8 Å². The maximum absolute atomic E-state index is 13.7. The molecule has 0 spiro atoms. The van der Waals surface area contributed by atoms with Crippen molar-refractivity contribution in [3.8, 4) is 5.75 Å². The standard InChI is InChI=1S/C17H20F6O4/c1-3-4-9-26-10-15(18,19)17(22,23)16(20,21)11-27-13-7-5-12(6-8-13)14(24)25-2/h5-8H,3-4,9-11H2,1-2H3. The van der Waals surface area contributed by atoms with Crippen molar-refractivity contribution >= 4 is 5.97 Å². The molecule has 27 heavy (non-hydrogen) atoms. The molecule has 4 nitrogen and oxygen atoms in total. The number of halogens is 6. The lowest BCUT2D eigenvalue weighted by molar-refractivity contribution is -0.324. The average molecular weight is 402 g/mol. The highest BCUT2D eigenvalue weighted by Gasteiger charge is 2.71. The van der Waals surface area contributed by atoms with E-state index in [1.165, 1.54) is 0 Å². The first-order valence-corrected chi connectivity index (χ1v) is 8.01. The zero-order valence-electron chi connectivity index (χ0n) is 14.7. The summed E-state index contributed by atoms with van der Waals surface area (Å²) in [6.07, 6.45) is 0.906. The minimum Gasteiger partial charge on any atom is -0.487 e. The number of hydrogen-bond donors (Lipinski definition) is 0. The first-order valence-electron chi connectivity index (χ1n) is 8.01.